The Kier molecular flexibility index (Phi) is 4.28. The molecule has 0 unspecified atom stereocenters. The van der Waals surface area contributed by atoms with Crippen LogP contribution in [0.5, 0.6) is 0 Å². The third kappa shape index (κ3) is 3.06. The van der Waals surface area contributed by atoms with Gasteiger partial charge < -0.3 is 10.4 Å². The highest BCUT2D eigenvalue weighted by molar-refractivity contribution is 5.20. The molecule has 0 bridgehead atoms. The van der Waals surface area contributed by atoms with Crippen molar-refractivity contribution in [3.63, 3.8) is 0 Å². The van der Waals surface area contributed by atoms with Gasteiger partial charge in [-0.05, 0) is 5.56 Å². The molecule has 2 aromatic rings. The van der Waals surface area contributed by atoms with Crippen LogP contribution in [0.15, 0.2) is 49.3 Å². The normalized spacial score (nSPS) is 12.3. The van der Waals surface area contributed by atoms with Crippen molar-refractivity contribution >= 4 is 6.20 Å². The smallest absolute Gasteiger partial charge is 0.0626 e. The zero-order chi connectivity index (χ0) is 12.8. The van der Waals surface area contributed by atoms with Crippen LogP contribution < -0.4 is 5.32 Å². The molecule has 0 radical (unpaired) electrons. The highest BCUT2D eigenvalue weighted by Crippen LogP contribution is 2.12. The lowest BCUT2D eigenvalue weighted by Gasteiger charge is -2.15. The molecule has 2 rings (SSSR count). The van der Waals surface area contributed by atoms with Crippen LogP contribution in [0.2, 0.25) is 0 Å². The van der Waals surface area contributed by atoms with Gasteiger partial charge in [-0.2, -0.15) is 5.10 Å². The molecular formula is C14H17N3O. The van der Waals surface area contributed by atoms with E-state index in [1.807, 2.05) is 36.5 Å². The SMILES string of the molecule is C=Cn1cc(CN[C@@H](CO)c2ccccc2)cn1. The minimum atomic E-state index is -0.0571. The van der Waals surface area contributed by atoms with Crippen molar-refractivity contribution in [1.29, 1.82) is 0 Å². The number of hydrogen-bond donors (Lipinski definition) is 2. The first-order valence-electron chi connectivity index (χ1n) is 5.88. The predicted octanol–water partition coefficient (Wildman–Crippen LogP) is 1.81. The molecule has 4 heteroatoms. The number of rotatable bonds is 6. The second-order valence-corrected chi connectivity index (χ2v) is 4.04. The number of hydrogen-bond acceptors (Lipinski definition) is 3. The van der Waals surface area contributed by atoms with Gasteiger partial charge in [0, 0.05) is 24.5 Å². The average Bonchev–Trinajstić information content (AvgIpc) is 2.89. The maximum absolute atomic E-state index is 9.41. The molecular weight excluding hydrogens is 226 g/mol. The molecule has 2 N–H and O–H groups in total. The first-order chi connectivity index (χ1) is 8.83. The van der Waals surface area contributed by atoms with Gasteiger partial charge in [0.1, 0.15) is 0 Å². The standard InChI is InChI=1S/C14H17N3O/c1-2-17-10-12(9-16-17)8-15-14(11-18)13-6-4-3-5-7-13/h2-7,9-10,14-15,18H,1,8,11H2/t14-/m0/s1. The summed E-state index contributed by atoms with van der Waals surface area (Å²) >= 11 is 0. The lowest BCUT2D eigenvalue weighted by molar-refractivity contribution is 0.243. The van der Waals surface area contributed by atoms with Crippen LogP contribution in [0, 0.1) is 0 Å². The fourth-order valence-corrected chi connectivity index (χ4v) is 1.78. The molecule has 0 aliphatic heterocycles. The largest absolute Gasteiger partial charge is 0.394 e. The van der Waals surface area contributed by atoms with Crippen LogP contribution >= 0.6 is 0 Å². The molecule has 1 heterocycles. The minimum Gasteiger partial charge on any atom is -0.394 e. The lowest BCUT2D eigenvalue weighted by atomic mass is 10.1. The molecule has 0 fully saturated rings. The van der Waals surface area contributed by atoms with Crippen molar-refractivity contribution in [2.75, 3.05) is 6.61 Å². The van der Waals surface area contributed by atoms with Gasteiger partial charge in [0.25, 0.3) is 0 Å². The fraction of sp³-hybridized carbons (Fsp3) is 0.214. The fourth-order valence-electron chi connectivity index (χ4n) is 1.78. The monoisotopic (exact) mass is 243 g/mol. The third-order valence-electron chi connectivity index (χ3n) is 2.78. The Morgan fingerprint density at radius 2 is 2.17 bits per heavy atom. The van der Waals surface area contributed by atoms with E-state index in [-0.39, 0.29) is 12.6 Å². The van der Waals surface area contributed by atoms with Crippen molar-refractivity contribution < 1.29 is 5.11 Å². The summed E-state index contributed by atoms with van der Waals surface area (Å²) in [7, 11) is 0. The summed E-state index contributed by atoms with van der Waals surface area (Å²) in [5.74, 6) is 0. The van der Waals surface area contributed by atoms with Crippen molar-refractivity contribution in [2.45, 2.75) is 12.6 Å². The van der Waals surface area contributed by atoms with Gasteiger partial charge >= 0.3 is 0 Å². The molecule has 0 aliphatic carbocycles. The van der Waals surface area contributed by atoms with E-state index in [0.29, 0.717) is 6.54 Å². The lowest BCUT2D eigenvalue weighted by Crippen LogP contribution is -2.23. The van der Waals surface area contributed by atoms with E-state index in [9.17, 15) is 5.11 Å². The first kappa shape index (κ1) is 12.5. The molecule has 0 aliphatic rings. The number of aliphatic hydroxyl groups excluding tert-OH is 1. The van der Waals surface area contributed by atoms with Gasteiger partial charge in [0.05, 0.1) is 18.8 Å². The Morgan fingerprint density at radius 1 is 1.39 bits per heavy atom. The molecule has 94 valence electrons. The quantitative estimate of drug-likeness (QED) is 0.813. The van der Waals surface area contributed by atoms with Crippen molar-refractivity contribution in [3.05, 3.63) is 60.4 Å². The highest BCUT2D eigenvalue weighted by Gasteiger charge is 2.09. The van der Waals surface area contributed by atoms with E-state index in [1.165, 1.54) is 0 Å². The van der Waals surface area contributed by atoms with Crippen molar-refractivity contribution in [3.8, 4) is 0 Å². The van der Waals surface area contributed by atoms with Gasteiger partial charge in [-0.15, -0.1) is 0 Å². The summed E-state index contributed by atoms with van der Waals surface area (Å²) in [4.78, 5) is 0. The molecule has 0 saturated heterocycles. The Morgan fingerprint density at radius 3 is 2.78 bits per heavy atom. The number of aliphatic hydroxyl groups is 1. The summed E-state index contributed by atoms with van der Waals surface area (Å²) in [5, 5.41) is 16.8. The summed E-state index contributed by atoms with van der Waals surface area (Å²) in [6.45, 7) is 4.37. The van der Waals surface area contributed by atoms with Crippen LogP contribution in [0.4, 0.5) is 0 Å². The van der Waals surface area contributed by atoms with Crippen LogP contribution in [-0.4, -0.2) is 21.5 Å². The van der Waals surface area contributed by atoms with Gasteiger partial charge in [-0.1, -0.05) is 36.9 Å². The first-order valence-corrected chi connectivity index (χ1v) is 5.88. The Balaban J connectivity index is 1.97. The second-order valence-electron chi connectivity index (χ2n) is 4.04. The van der Waals surface area contributed by atoms with Gasteiger partial charge in [-0.3, -0.25) is 0 Å². The van der Waals surface area contributed by atoms with Crippen molar-refractivity contribution in [1.82, 2.24) is 15.1 Å². The summed E-state index contributed by atoms with van der Waals surface area (Å²) < 4.78 is 1.66. The average molecular weight is 243 g/mol. The van der Waals surface area contributed by atoms with E-state index in [4.69, 9.17) is 0 Å². The van der Waals surface area contributed by atoms with Gasteiger partial charge in [0.2, 0.25) is 0 Å². The van der Waals surface area contributed by atoms with Gasteiger partial charge in [-0.25, -0.2) is 4.68 Å². The van der Waals surface area contributed by atoms with E-state index in [1.54, 1.807) is 17.1 Å². The van der Waals surface area contributed by atoms with Crippen molar-refractivity contribution in [2.24, 2.45) is 0 Å². The summed E-state index contributed by atoms with van der Waals surface area (Å²) in [6, 6.07) is 9.84. The third-order valence-corrected chi connectivity index (χ3v) is 2.78. The molecule has 4 nitrogen and oxygen atoms in total. The van der Waals surface area contributed by atoms with E-state index < -0.39 is 0 Å². The van der Waals surface area contributed by atoms with Crippen LogP contribution in [-0.2, 0) is 6.54 Å². The summed E-state index contributed by atoms with van der Waals surface area (Å²) in [6.07, 6.45) is 5.33. The zero-order valence-electron chi connectivity index (χ0n) is 10.2. The van der Waals surface area contributed by atoms with E-state index in [2.05, 4.69) is 17.0 Å². The highest BCUT2D eigenvalue weighted by atomic mass is 16.3. The molecule has 1 aromatic carbocycles. The molecule has 0 spiro atoms. The van der Waals surface area contributed by atoms with Gasteiger partial charge in [0.15, 0.2) is 0 Å². The van der Waals surface area contributed by atoms with E-state index in [0.717, 1.165) is 11.1 Å². The Labute approximate surface area is 107 Å². The maximum Gasteiger partial charge on any atom is 0.0626 e. The molecule has 1 atom stereocenters. The number of aromatic nitrogens is 2. The molecule has 1 aromatic heterocycles. The summed E-state index contributed by atoms with van der Waals surface area (Å²) in [5.41, 5.74) is 2.14. The Bertz CT molecular complexity index is 493. The predicted molar refractivity (Wildman–Crippen MR) is 71.7 cm³/mol. The van der Waals surface area contributed by atoms with Crippen LogP contribution in [0.1, 0.15) is 17.2 Å². The number of benzene rings is 1. The molecule has 0 amide bonds. The molecule has 0 saturated carbocycles. The number of nitrogens with one attached hydrogen (secondary N) is 1. The Hall–Kier alpha value is -1.91. The topological polar surface area (TPSA) is 50.1 Å². The maximum atomic E-state index is 9.41. The molecule has 18 heavy (non-hydrogen) atoms. The van der Waals surface area contributed by atoms with Crippen LogP contribution in [0.25, 0.3) is 6.20 Å². The van der Waals surface area contributed by atoms with E-state index >= 15 is 0 Å². The van der Waals surface area contributed by atoms with Crippen LogP contribution in [0.3, 0.4) is 0 Å². The zero-order valence-corrected chi connectivity index (χ0v) is 10.2. The second kappa shape index (κ2) is 6.14. The minimum absolute atomic E-state index is 0.0571. The number of nitrogens with zero attached hydrogens (tertiary/aromatic N) is 2.